The first-order chi connectivity index (χ1) is 15.5. The minimum atomic E-state index is -0.567. The van der Waals surface area contributed by atoms with Crippen LogP contribution in [0.15, 0.2) is 60.8 Å². The Morgan fingerprint density at radius 3 is 2.59 bits per heavy atom. The third-order valence-electron chi connectivity index (χ3n) is 5.28. The van der Waals surface area contributed by atoms with Gasteiger partial charge in [0.25, 0.3) is 0 Å². The number of benzene rings is 2. The number of rotatable bonds is 7. The van der Waals surface area contributed by atoms with E-state index in [9.17, 15) is 9.18 Å². The highest BCUT2D eigenvalue weighted by atomic mass is 35.5. The number of hydrogen-bond donors (Lipinski definition) is 1. The topological polar surface area (TPSA) is 59.8 Å². The predicted molar refractivity (Wildman–Crippen MR) is 124 cm³/mol. The minimum absolute atomic E-state index is 0.182. The van der Waals surface area contributed by atoms with Gasteiger partial charge in [-0.05, 0) is 42.3 Å². The Hall–Kier alpha value is -2.96. The van der Waals surface area contributed by atoms with E-state index in [1.807, 2.05) is 29.7 Å². The van der Waals surface area contributed by atoms with Gasteiger partial charge >= 0.3 is 0 Å². The zero-order valence-electron chi connectivity index (χ0n) is 17.4. The van der Waals surface area contributed by atoms with Crippen molar-refractivity contribution in [2.24, 2.45) is 0 Å². The maximum atomic E-state index is 14.4. The lowest BCUT2D eigenvalue weighted by molar-refractivity contribution is -0.124. The quantitative estimate of drug-likeness (QED) is 0.374. The van der Waals surface area contributed by atoms with Crippen LogP contribution in [0.2, 0.25) is 10.0 Å². The largest absolute Gasteiger partial charge is 0.349 e. The average Bonchev–Trinajstić information content (AvgIpc) is 3.12. The molecule has 4 rings (SSSR count). The van der Waals surface area contributed by atoms with Crippen LogP contribution >= 0.6 is 23.2 Å². The van der Waals surface area contributed by atoms with Gasteiger partial charge in [-0.2, -0.15) is 0 Å². The number of pyridine rings is 1. The summed E-state index contributed by atoms with van der Waals surface area (Å²) in [7, 11) is 0. The molecule has 2 heterocycles. The van der Waals surface area contributed by atoms with E-state index in [-0.39, 0.29) is 18.1 Å². The normalized spacial score (nSPS) is 12.1. The Labute approximate surface area is 195 Å². The third kappa shape index (κ3) is 4.61. The van der Waals surface area contributed by atoms with Gasteiger partial charge in [0.1, 0.15) is 17.7 Å². The zero-order chi connectivity index (χ0) is 22.7. The van der Waals surface area contributed by atoms with Crippen molar-refractivity contribution in [3.63, 3.8) is 0 Å². The van der Waals surface area contributed by atoms with Gasteiger partial charge in [0, 0.05) is 12.6 Å². The highest BCUT2D eigenvalue weighted by Gasteiger charge is 2.25. The molecule has 0 aliphatic rings. The molecular weight excluding hydrogens is 450 g/mol. The van der Waals surface area contributed by atoms with Gasteiger partial charge in [-0.1, -0.05) is 54.4 Å². The fourth-order valence-electron chi connectivity index (χ4n) is 3.71. The Morgan fingerprint density at radius 1 is 1.12 bits per heavy atom. The molecule has 8 heteroatoms. The summed E-state index contributed by atoms with van der Waals surface area (Å²) in [4.78, 5) is 22.1. The third-order valence-corrected chi connectivity index (χ3v) is 6.00. The number of nitrogens with zero attached hydrogens (tertiary/aromatic N) is 3. The van der Waals surface area contributed by atoms with Crippen molar-refractivity contribution in [3.8, 4) is 0 Å². The van der Waals surface area contributed by atoms with Crippen molar-refractivity contribution in [1.29, 1.82) is 0 Å². The Bertz CT molecular complexity index is 1260. The molecule has 0 saturated carbocycles. The lowest BCUT2D eigenvalue weighted by Gasteiger charge is -2.20. The van der Waals surface area contributed by atoms with Crippen LogP contribution < -0.4 is 5.32 Å². The first kappa shape index (κ1) is 22.2. The molecule has 32 heavy (non-hydrogen) atoms. The van der Waals surface area contributed by atoms with Crippen molar-refractivity contribution in [2.45, 2.75) is 32.4 Å². The van der Waals surface area contributed by atoms with E-state index in [2.05, 4.69) is 15.3 Å². The summed E-state index contributed by atoms with van der Waals surface area (Å²) in [5, 5.41) is 3.68. The van der Waals surface area contributed by atoms with Gasteiger partial charge in [0.05, 0.1) is 33.3 Å². The van der Waals surface area contributed by atoms with Crippen molar-refractivity contribution in [2.75, 3.05) is 0 Å². The van der Waals surface area contributed by atoms with E-state index in [1.54, 1.807) is 36.5 Å². The first-order valence-corrected chi connectivity index (χ1v) is 11.0. The Kier molecular flexibility index (Phi) is 6.72. The van der Waals surface area contributed by atoms with Gasteiger partial charge in [-0.3, -0.25) is 9.78 Å². The number of hydrogen-bond acceptors (Lipinski definition) is 3. The molecule has 0 radical (unpaired) electrons. The van der Waals surface area contributed by atoms with Crippen LogP contribution in [0.4, 0.5) is 4.39 Å². The highest BCUT2D eigenvalue weighted by Crippen LogP contribution is 2.32. The fraction of sp³-hybridized carbons (Fsp3) is 0.208. The molecule has 2 aromatic carbocycles. The first-order valence-electron chi connectivity index (χ1n) is 10.2. The summed E-state index contributed by atoms with van der Waals surface area (Å²) in [6.45, 7) is 2.22. The molecule has 0 aliphatic carbocycles. The number of aromatic nitrogens is 3. The zero-order valence-corrected chi connectivity index (χ0v) is 18.9. The summed E-state index contributed by atoms with van der Waals surface area (Å²) in [5.74, 6) is 0.0522. The van der Waals surface area contributed by atoms with Crippen LogP contribution in [0, 0.1) is 5.82 Å². The molecule has 0 aliphatic heterocycles. The average molecular weight is 471 g/mol. The SMILES string of the molecule is CCC(C(=O)NCc1ccccn1)n1c(Cc2ccccc2F)nc2cc(Cl)c(Cl)cc21. The van der Waals surface area contributed by atoms with E-state index in [4.69, 9.17) is 23.2 Å². The molecule has 164 valence electrons. The van der Waals surface area contributed by atoms with Gasteiger partial charge in [0.2, 0.25) is 5.91 Å². The molecule has 2 aromatic heterocycles. The van der Waals surface area contributed by atoms with E-state index in [1.165, 1.54) is 6.07 Å². The predicted octanol–water partition coefficient (Wildman–Crippen LogP) is 5.74. The minimum Gasteiger partial charge on any atom is -0.349 e. The standard InChI is InChI=1S/C24H21Cl2FN4O/c1-2-21(24(32)29-14-16-8-5-6-10-28-16)31-22-13-18(26)17(25)12-20(22)30-23(31)11-15-7-3-4-9-19(15)27/h3-10,12-13,21H,2,11,14H2,1H3,(H,29,32). The number of fused-ring (bicyclic) bond motifs is 1. The van der Waals surface area contributed by atoms with Crippen LogP contribution in [-0.4, -0.2) is 20.4 Å². The summed E-state index contributed by atoms with van der Waals surface area (Å²) >= 11 is 12.5. The second kappa shape index (κ2) is 9.67. The van der Waals surface area contributed by atoms with Gasteiger partial charge in [-0.15, -0.1) is 0 Å². The number of imidazole rings is 1. The van der Waals surface area contributed by atoms with Crippen LogP contribution in [0.1, 0.15) is 36.5 Å². The van der Waals surface area contributed by atoms with E-state index in [0.717, 1.165) is 5.69 Å². The van der Waals surface area contributed by atoms with Crippen LogP contribution in [0.25, 0.3) is 11.0 Å². The van der Waals surface area contributed by atoms with Crippen LogP contribution in [-0.2, 0) is 17.8 Å². The summed E-state index contributed by atoms with van der Waals surface area (Å²) in [5.41, 5.74) is 2.52. The maximum absolute atomic E-state index is 14.4. The van der Waals surface area contributed by atoms with Gasteiger partial charge in [0.15, 0.2) is 0 Å². The van der Waals surface area contributed by atoms with Gasteiger partial charge < -0.3 is 9.88 Å². The molecule has 1 N–H and O–H groups in total. The van der Waals surface area contributed by atoms with E-state index >= 15 is 0 Å². The monoisotopic (exact) mass is 470 g/mol. The molecule has 0 fully saturated rings. The molecule has 0 saturated heterocycles. The fourth-order valence-corrected chi connectivity index (χ4v) is 4.02. The lowest BCUT2D eigenvalue weighted by atomic mass is 10.1. The summed E-state index contributed by atoms with van der Waals surface area (Å²) < 4.78 is 16.2. The van der Waals surface area contributed by atoms with Crippen molar-refractivity contribution in [3.05, 3.63) is 93.7 Å². The van der Waals surface area contributed by atoms with Crippen molar-refractivity contribution >= 4 is 40.1 Å². The number of nitrogens with one attached hydrogen (secondary N) is 1. The number of carbonyl (C=O) groups is 1. The number of halogens is 3. The van der Waals surface area contributed by atoms with Crippen molar-refractivity contribution < 1.29 is 9.18 Å². The second-order valence-corrected chi connectivity index (χ2v) is 8.20. The molecule has 0 spiro atoms. The molecule has 1 unspecified atom stereocenters. The molecule has 4 aromatic rings. The molecular formula is C24H21Cl2FN4O. The van der Waals surface area contributed by atoms with E-state index in [0.29, 0.717) is 45.4 Å². The molecule has 5 nitrogen and oxygen atoms in total. The lowest BCUT2D eigenvalue weighted by Crippen LogP contribution is -2.33. The smallest absolute Gasteiger partial charge is 0.243 e. The van der Waals surface area contributed by atoms with Gasteiger partial charge in [-0.25, -0.2) is 9.37 Å². The Balaban J connectivity index is 1.74. The summed E-state index contributed by atoms with van der Waals surface area (Å²) in [6.07, 6.45) is 2.41. The molecule has 0 bridgehead atoms. The van der Waals surface area contributed by atoms with Crippen molar-refractivity contribution in [1.82, 2.24) is 19.9 Å². The molecule has 1 amide bonds. The molecule has 1 atom stereocenters. The van der Waals surface area contributed by atoms with E-state index < -0.39 is 6.04 Å². The number of carbonyl (C=O) groups excluding carboxylic acids is 1. The summed E-state index contributed by atoms with van der Waals surface area (Å²) in [6, 6.07) is 14.9. The van der Waals surface area contributed by atoms with Crippen LogP contribution in [0.5, 0.6) is 0 Å². The maximum Gasteiger partial charge on any atom is 0.243 e. The van der Waals surface area contributed by atoms with Crippen LogP contribution in [0.3, 0.4) is 0 Å². The highest BCUT2D eigenvalue weighted by molar-refractivity contribution is 6.42. The second-order valence-electron chi connectivity index (χ2n) is 7.38. The Morgan fingerprint density at radius 2 is 1.88 bits per heavy atom. The number of amides is 1.